The molecule has 4 aromatic rings. The van der Waals surface area contributed by atoms with Gasteiger partial charge in [0.05, 0.1) is 31.0 Å². The fourth-order valence-electron chi connectivity index (χ4n) is 4.30. The fraction of sp³-hybridized carbons (Fsp3) is 0.240. The topological polar surface area (TPSA) is 108 Å². The highest BCUT2D eigenvalue weighted by molar-refractivity contribution is 5.89. The zero-order valence-electron chi connectivity index (χ0n) is 19.3. The third-order valence-corrected chi connectivity index (χ3v) is 6.07. The molecule has 0 spiro atoms. The van der Waals surface area contributed by atoms with Crippen molar-refractivity contribution in [2.45, 2.75) is 13.0 Å². The van der Waals surface area contributed by atoms with Gasteiger partial charge in [-0.1, -0.05) is 6.07 Å². The number of methoxy groups -OCH3 is 2. The van der Waals surface area contributed by atoms with Crippen molar-refractivity contribution in [3.63, 3.8) is 0 Å². The summed E-state index contributed by atoms with van der Waals surface area (Å²) in [6.07, 6.45) is 2.59. The van der Waals surface area contributed by atoms with E-state index in [2.05, 4.69) is 39.4 Å². The first-order chi connectivity index (χ1) is 16.5. The number of ether oxygens (including phenoxy) is 2. The second-order valence-electron chi connectivity index (χ2n) is 8.34. The summed E-state index contributed by atoms with van der Waals surface area (Å²) in [4.78, 5) is 24.4. The Bertz CT molecular complexity index is 1450. The maximum Gasteiger partial charge on any atom is 0.258 e. The van der Waals surface area contributed by atoms with Gasteiger partial charge in [-0.15, -0.1) is 0 Å². The number of anilines is 3. The van der Waals surface area contributed by atoms with Gasteiger partial charge >= 0.3 is 0 Å². The van der Waals surface area contributed by atoms with Crippen molar-refractivity contribution in [1.29, 1.82) is 0 Å². The van der Waals surface area contributed by atoms with E-state index < -0.39 is 0 Å². The first-order valence-corrected chi connectivity index (χ1v) is 10.9. The van der Waals surface area contributed by atoms with Crippen molar-refractivity contribution in [1.82, 2.24) is 19.4 Å². The molecule has 34 heavy (non-hydrogen) atoms. The molecule has 5 rings (SSSR count). The second-order valence-corrected chi connectivity index (χ2v) is 8.34. The normalized spacial score (nSPS) is 13.5. The Morgan fingerprint density at radius 3 is 2.74 bits per heavy atom. The highest BCUT2D eigenvalue weighted by atomic mass is 16.5. The standard InChI is InChI=1S/C25H26N6O3/c1-30-8-7-15-10-22(34-3)21(9-16(15)14-30)28-25-27-13-19-20(26)12-23(32)31(24(19)29-25)17-5-4-6-18(11-17)33-2/h4-6,9-13H,7-8,14,26H2,1-3H3,(H,27,28,29). The smallest absolute Gasteiger partial charge is 0.258 e. The zero-order chi connectivity index (χ0) is 23.8. The van der Waals surface area contributed by atoms with Gasteiger partial charge in [0, 0.05) is 37.1 Å². The summed E-state index contributed by atoms with van der Waals surface area (Å²) >= 11 is 0. The number of nitrogens with one attached hydrogen (secondary N) is 1. The number of nitrogen functional groups attached to an aromatic ring is 1. The van der Waals surface area contributed by atoms with Crippen molar-refractivity contribution >= 4 is 28.4 Å². The van der Waals surface area contributed by atoms with E-state index >= 15 is 0 Å². The Morgan fingerprint density at radius 2 is 1.94 bits per heavy atom. The van der Waals surface area contributed by atoms with Crippen molar-refractivity contribution < 1.29 is 9.47 Å². The number of hydrogen-bond acceptors (Lipinski definition) is 8. The van der Waals surface area contributed by atoms with E-state index in [0.29, 0.717) is 39.9 Å². The summed E-state index contributed by atoms with van der Waals surface area (Å²) in [6, 6.07) is 12.7. The molecule has 0 radical (unpaired) electrons. The molecular weight excluding hydrogens is 432 g/mol. The van der Waals surface area contributed by atoms with Gasteiger partial charge in [0.1, 0.15) is 11.5 Å². The van der Waals surface area contributed by atoms with Crippen LogP contribution in [-0.2, 0) is 13.0 Å². The molecule has 0 saturated heterocycles. The summed E-state index contributed by atoms with van der Waals surface area (Å²) in [5.74, 6) is 1.67. The van der Waals surface area contributed by atoms with Crippen LogP contribution in [0.4, 0.5) is 17.3 Å². The quantitative estimate of drug-likeness (QED) is 0.470. The van der Waals surface area contributed by atoms with E-state index in [0.717, 1.165) is 25.2 Å². The second kappa shape index (κ2) is 8.68. The molecule has 0 amide bonds. The Labute approximate surface area is 196 Å². The minimum absolute atomic E-state index is 0.294. The Balaban J connectivity index is 1.62. The van der Waals surface area contributed by atoms with E-state index in [1.807, 2.05) is 18.2 Å². The number of pyridine rings is 1. The molecular formula is C25H26N6O3. The lowest BCUT2D eigenvalue weighted by molar-refractivity contribution is 0.312. The van der Waals surface area contributed by atoms with Crippen molar-refractivity contribution in [2.24, 2.45) is 0 Å². The molecule has 0 bridgehead atoms. The van der Waals surface area contributed by atoms with Crippen LogP contribution in [0.2, 0.25) is 0 Å². The lowest BCUT2D eigenvalue weighted by atomic mass is 9.99. The van der Waals surface area contributed by atoms with Crippen molar-refractivity contribution in [3.8, 4) is 17.2 Å². The average molecular weight is 459 g/mol. The van der Waals surface area contributed by atoms with Gasteiger partial charge in [-0.2, -0.15) is 4.98 Å². The monoisotopic (exact) mass is 458 g/mol. The first-order valence-electron chi connectivity index (χ1n) is 10.9. The third-order valence-electron chi connectivity index (χ3n) is 6.07. The van der Waals surface area contributed by atoms with Crippen LogP contribution in [0.5, 0.6) is 11.5 Å². The van der Waals surface area contributed by atoms with Gasteiger partial charge in [-0.25, -0.2) is 4.98 Å². The van der Waals surface area contributed by atoms with Crippen LogP contribution in [0.3, 0.4) is 0 Å². The van der Waals surface area contributed by atoms with E-state index in [-0.39, 0.29) is 5.56 Å². The van der Waals surface area contributed by atoms with Gasteiger partial charge in [-0.05, 0) is 48.9 Å². The van der Waals surface area contributed by atoms with Gasteiger partial charge in [0.25, 0.3) is 5.56 Å². The highest BCUT2D eigenvalue weighted by Gasteiger charge is 2.18. The first kappa shape index (κ1) is 21.7. The van der Waals surface area contributed by atoms with Gasteiger partial charge < -0.3 is 25.4 Å². The number of aromatic nitrogens is 3. The predicted octanol–water partition coefficient (Wildman–Crippen LogP) is 3.11. The predicted molar refractivity (Wildman–Crippen MR) is 132 cm³/mol. The number of rotatable bonds is 5. The molecule has 2 aromatic heterocycles. The SMILES string of the molecule is COc1cccc(-n2c(=O)cc(N)c3cnc(Nc4cc5c(cc4OC)CCN(C)C5)nc32)c1. The molecule has 2 aromatic carbocycles. The minimum atomic E-state index is -0.294. The van der Waals surface area contributed by atoms with Crippen LogP contribution in [0.25, 0.3) is 16.7 Å². The number of fused-ring (bicyclic) bond motifs is 2. The van der Waals surface area contributed by atoms with E-state index in [1.165, 1.54) is 21.8 Å². The molecule has 1 aliphatic rings. The maximum absolute atomic E-state index is 13.0. The van der Waals surface area contributed by atoms with Crippen LogP contribution in [0.15, 0.2) is 53.5 Å². The number of benzene rings is 2. The van der Waals surface area contributed by atoms with Crippen LogP contribution in [0, 0.1) is 0 Å². The van der Waals surface area contributed by atoms with Gasteiger partial charge in [-0.3, -0.25) is 9.36 Å². The molecule has 0 fully saturated rings. The van der Waals surface area contributed by atoms with Crippen LogP contribution in [-0.4, -0.2) is 47.2 Å². The summed E-state index contributed by atoms with van der Waals surface area (Å²) in [7, 11) is 5.33. The number of nitrogens with two attached hydrogens (primary N) is 1. The zero-order valence-corrected chi connectivity index (χ0v) is 19.3. The minimum Gasteiger partial charge on any atom is -0.497 e. The maximum atomic E-state index is 13.0. The molecule has 0 saturated carbocycles. The van der Waals surface area contributed by atoms with Gasteiger partial charge in [0.15, 0.2) is 5.65 Å². The lowest BCUT2D eigenvalue weighted by Crippen LogP contribution is -2.26. The van der Waals surface area contributed by atoms with E-state index in [9.17, 15) is 4.79 Å². The molecule has 1 aliphatic heterocycles. The van der Waals surface area contributed by atoms with E-state index in [1.54, 1.807) is 26.5 Å². The molecule has 0 aliphatic carbocycles. The Morgan fingerprint density at radius 1 is 1.09 bits per heavy atom. The van der Waals surface area contributed by atoms with Gasteiger partial charge in [0.2, 0.25) is 5.95 Å². The van der Waals surface area contributed by atoms with E-state index in [4.69, 9.17) is 15.2 Å². The number of nitrogens with zero attached hydrogens (tertiary/aromatic N) is 4. The third kappa shape index (κ3) is 3.90. The molecule has 3 N–H and O–H groups in total. The molecule has 0 unspecified atom stereocenters. The Kier molecular flexibility index (Phi) is 5.54. The molecule has 174 valence electrons. The molecule has 3 heterocycles. The van der Waals surface area contributed by atoms with Crippen LogP contribution >= 0.6 is 0 Å². The summed E-state index contributed by atoms with van der Waals surface area (Å²) < 4.78 is 12.5. The Hall–Kier alpha value is -4.11. The largest absolute Gasteiger partial charge is 0.497 e. The van der Waals surface area contributed by atoms with Crippen molar-refractivity contribution in [2.75, 3.05) is 38.9 Å². The fourth-order valence-corrected chi connectivity index (χ4v) is 4.30. The molecule has 9 heteroatoms. The summed E-state index contributed by atoms with van der Waals surface area (Å²) in [5, 5.41) is 3.85. The number of likely N-dealkylation sites (N-methyl/N-ethyl adjacent to an activating group) is 1. The molecule has 0 atom stereocenters. The summed E-state index contributed by atoms with van der Waals surface area (Å²) in [6.45, 7) is 1.87. The highest BCUT2D eigenvalue weighted by Crippen LogP contribution is 2.33. The summed E-state index contributed by atoms with van der Waals surface area (Å²) in [5.41, 5.74) is 10.4. The number of hydrogen-bond donors (Lipinski definition) is 2. The van der Waals surface area contributed by atoms with Crippen LogP contribution in [0.1, 0.15) is 11.1 Å². The lowest BCUT2D eigenvalue weighted by Gasteiger charge is -2.26. The average Bonchev–Trinajstić information content (AvgIpc) is 2.83. The van der Waals surface area contributed by atoms with Crippen molar-refractivity contribution in [3.05, 3.63) is 70.1 Å². The van der Waals surface area contributed by atoms with Crippen LogP contribution < -0.4 is 26.1 Å². The molecule has 9 nitrogen and oxygen atoms in total.